The first-order valence-electron chi connectivity index (χ1n) is 6.09. The van der Waals surface area contributed by atoms with Crippen molar-refractivity contribution in [1.29, 1.82) is 0 Å². The highest BCUT2D eigenvalue weighted by atomic mass is 35.5. The first kappa shape index (κ1) is 12.9. The lowest BCUT2D eigenvalue weighted by molar-refractivity contribution is 0.668. The van der Waals surface area contributed by atoms with Crippen molar-refractivity contribution < 1.29 is 0 Å². The first-order chi connectivity index (χ1) is 8.63. The van der Waals surface area contributed by atoms with E-state index in [0.717, 1.165) is 23.9 Å². The van der Waals surface area contributed by atoms with Crippen molar-refractivity contribution in [2.45, 2.75) is 32.6 Å². The van der Waals surface area contributed by atoms with Crippen LogP contribution in [0.2, 0.25) is 5.02 Å². The minimum absolute atomic E-state index is 0.219. The third kappa shape index (κ3) is 2.48. The number of halogens is 1. The maximum Gasteiger partial charge on any atom is 0.279 e. The van der Waals surface area contributed by atoms with Gasteiger partial charge >= 0.3 is 0 Å². The third-order valence-electron chi connectivity index (χ3n) is 2.94. The minimum atomic E-state index is -0.219. The molecule has 0 aliphatic rings. The molecule has 0 aliphatic carbocycles. The van der Waals surface area contributed by atoms with Gasteiger partial charge in [-0.05, 0) is 24.6 Å². The molecule has 1 aromatic carbocycles. The van der Waals surface area contributed by atoms with Gasteiger partial charge < -0.3 is 5.84 Å². The number of aromatic nitrogens is 2. The van der Waals surface area contributed by atoms with Crippen molar-refractivity contribution in [3.63, 3.8) is 0 Å². The zero-order chi connectivity index (χ0) is 13.1. The van der Waals surface area contributed by atoms with Crippen LogP contribution in [0.5, 0.6) is 0 Å². The molecule has 0 fully saturated rings. The lowest BCUT2D eigenvalue weighted by Gasteiger charge is -2.08. The molecule has 18 heavy (non-hydrogen) atoms. The van der Waals surface area contributed by atoms with E-state index in [0.29, 0.717) is 28.2 Å². The second-order valence-electron chi connectivity index (χ2n) is 4.32. The smallest absolute Gasteiger partial charge is 0.279 e. The number of nitrogens with two attached hydrogens (primary N) is 1. The molecule has 2 aromatic rings. The molecule has 1 aromatic heterocycles. The van der Waals surface area contributed by atoms with Gasteiger partial charge in [-0.3, -0.25) is 4.79 Å². The van der Waals surface area contributed by atoms with Crippen LogP contribution < -0.4 is 11.4 Å². The molecular weight excluding hydrogens is 250 g/mol. The van der Waals surface area contributed by atoms with Gasteiger partial charge in [0.2, 0.25) is 0 Å². The molecule has 0 spiro atoms. The molecule has 0 bridgehead atoms. The van der Waals surface area contributed by atoms with E-state index in [1.165, 1.54) is 0 Å². The van der Waals surface area contributed by atoms with Crippen LogP contribution in [0.15, 0.2) is 23.0 Å². The van der Waals surface area contributed by atoms with Crippen molar-refractivity contribution in [1.82, 2.24) is 9.66 Å². The molecule has 2 N–H and O–H groups in total. The number of fused-ring (bicyclic) bond motifs is 1. The minimum Gasteiger partial charge on any atom is -0.335 e. The number of hydrogen-bond acceptors (Lipinski definition) is 3. The molecule has 0 unspecified atom stereocenters. The lowest BCUT2D eigenvalue weighted by atomic mass is 10.2. The third-order valence-corrected chi connectivity index (χ3v) is 3.18. The van der Waals surface area contributed by atoms with Crippen LogP contribution >= 0.6 is 11.6 Å². The molecule has 0 radical (unpaired) electrons. The molecule has 0 amide bonds. The van der Waals surface area contributed by atoms with Crippen molar-refractivity contribution in [3.05, 3.63) is 39.4 Å². The highest BCUT2D eigenvalue weighted by Gasteiger charge is 2.08. The Morgan fingerprint density at radius 2 is 2.17 bits per heavy atom. The van der Waals surface area contributed by atoms with Crippen LogP contribution in [-0.2, 0) is 6.42 Å². The number of aryl methyl sites for hydroxylation is 1. The van der Waals surface area contributed by atoms with Gasteiger partial charge in [-0.25, -0.2) is 9.66 Å². The van der Waals surface area contributed by atoms with Gasteiger partial charge in [-0.15, -0.1) is 0 Å². The molecule has 1 heterocycles. The van der Waals surface area contributed by atoms with Gasteiger partial charge in [0.05, 0.1) is 10.9 Å². The largest absolute Gasteiger partial charge is 0.335 e. The number of nitrogens with zero attached hydrogens (tertiary/aromatic N) is 2. The van der Waals surface area contributed by atoms with Gasteiger partial charge in [-0.2, -0.15) is 0 Å². The lowest BCUT2D eigenvalue weighted by Crippen LogP contribution is -2.31. The topological polar surface area (TPSA) is 60.9 Å². The van der Waals surface area contributed by atoms with Crippen LogP contribution in [0.25, 0.3) is 10.9 Å². The van der Waals surface area contributed by atoms with E-state index in [-0.39, 0.29) is 5.56 Å². The van der Waals surface area contributed by atoms with E-state index in [1.54, 1.807) is 18.2 Å². The zero-order valence-electron chi connectivity index (χ0n) is 10.3. The Morgan fingerprint density at radius 3 is 2.89 bits per heavy atom. The van der Waals surface area contributed by atoms with Crippen molar-refractivity contribution in [2.75, 3.05) is 5.84 Å². The summed E-state index contributed by atoms with van der Waals surface area (Å²) in [6.45, 7) is 2.13. The molecule has 96 valence electrons. The number of nitrogen functional groups attached to an aromatic ring is 1. The van der Waals surface area contributed by atoms with Gasteiger partial charge in [0, 0.05) is 11.4 Å². The summed E-state index contributed by atoms with van der Waals surface area (Å²) in [6, 6.07) is 5.03. The van der Waals surface area contributed by atoms with Crippen LogP contribution in [0.1, 0.15) is 32.0 Å². The molecule has 0 aliphatic heterocycles. The molecule has 4 nitrogen and oxygen atoms in total. The summed E-state index contributed by atoms with van der Waals surface area (Å²) in [6.07, 6.45) is 3.91. The fourth-order valence-corrected chi connectivity index (χ4v) is 2.09. The first-order valence-corrected chi connectivity index (χ1v) is 6.47. The predicted octanol–water partition coefficient (Wildman–Crippen LogP) is 2.50. The summed E-state index contributed by atoms with van der Waals surface area (Å²) in [7, 11) is 0. The Hall–Kier alpha value is -1.55. The highest BCUT2D eigenvalue weighted by Crippen LogP contribution is 2.15. The van der Waals surface area contributed by atoms with Gasteiger partial charge in [-0.1, -0.05) is 31.4 Å². The predicted molar refractivity (Wildman–Crippen MR) is 74.4 cm³/mol. The van der Waals surface area contributed by atoms with E-state index < -0.39 is 0 Å². The standard InChI is InChI=1S/C13H16ClN3O/c1-2-3-4-5-12-16-11-8-9(14)6-7-10(11)13(18)17(12)15/h6-8H,2-5,15H2,1H3. The Balaban J connectivity index is 2.48. The average Bonchev–Trinajstić information content (AvgIpc) is 2.35. The van der Waals surface area contributed by atoms with Crippen molar-refractivity contribution in [2.24, 2.45) is 0 Å². The molecule has 0 atom stereocenters. The summed E-state index contributed by atoms with van der Waals surface area (Å²) in [4.78, 5) is 16.5. The monoisotopic (exact) mass is 265 g/mol. The van der Waals surface area contributed by atoms with Gasteiger partial charge in [0.25, 0.3) is 5.56 Å². The Bertz CT molecular complexity index is 621. The summed E-state index contributed by atoms with van der Waals surface area (Å²) in [5.74, 6) is 6.39. The Labute approximate surface area is 110 Å². The summed E-state index contributed by atoms with van der Waals surface area (Å²) in [5.41, 5.74) is 0.392. The van der Waals surface area contributed by atoms with E-state index in [1.807, 2.05) is 0 Å². The van der Waals surface area contributed by atoms with Crippen molar-refractivity contribution >= 4 is 22.5 Å². The summed E-state index contributed by atoms with van der Waals surface area (Å²) >= 11 is 5.91. The number of benzene rings is 1. The number of hydrogen-bond donors (Lipinski definition) is 1. The molecular formula is C13H16ClN3O. The van der Waals surface area contributed by atoms with Crippen LogP contribution in [0, 0.1) is 0 Å². The van der Waals surface area contributed by atoms with Crippen LogP contribution in [0.3, 0.4) is 0 Å². The van der Waals surface area contributed by atoms with E-state index >= 15 is 0 Å². The van der Waals surface area contributed by atoms with E-state index in [4.69, 9.17) is 17.4 Å². The zero-order valence-corrected chi connectivity index (χ0v) is 11.1. The average molecular weight is 266 g/mol. The van der Waals surface area contributed by atoms with E-state index in [2.05, 4.69) is 11.9 Å². The van der Waals surface area contributed by atoms with Gasteiger partial charge in [0.1, 0.15) is 5.82 Å². The van der Waals surface area contributed by atoms with Gasteiger partial charge in [0.15, 0.2) is 0 Å². The van der Waals surface area contributed by atoms with Crippen LogP contribution in [-0.4, -0.2) is 9.66 Å². The normalized spacial score (nSPS) is 11.0. The quantitative estimate of drug-likeness (QED) is 0.682. The Morgan fingerprint density at radius 1 is 1.39 bits per heavy atom. The highest BCUT2D eigenvalue weighted by molar-refractivity contribution is 6.31. The van der Waals surface area contributed by atoms with Crippen LogP contribution in [0.4, 0.5) is 0 Å². The number of unbranched alkanes of at least 4 members (excludes halogenated alkanes) is 2. The second kappa shape index (κ2) is 5.40. The SMILES string of the molecule is CCCCCc1nc2cc(Cl)ccc2c(=O)n1N. The molecule has 5 heteroatoms. The number of rotatable bonds is 4. The van der Waals surface area contributed by atoms with E-state index in [9.17, 15) is 4.79 Å². The van der Waals surface area contributed by atoms with Crippen molar-refractivity contribution in [3.8, 4) is 0 Å². The fourth-order valence-electron chi connectivity index (χ4n) is 1.93. The molecule has 2 rings (SSSR count). The molecule has 0 saturated carbocycles. The Kier molecular flexibility index (Phi) is 3.87. The second-order valence-corrected chi connectivity index (χ2v) is 4.76. The summed E-state index contributed by atoms with van der Waals surface area (Å²) < 4.78 is 1.14. The maximum atomic E-state index is 12.0. The molecule has 0 saturated heterocycles. The fraction of sp³-hybridized carbons (Fsp3) is 0.385. The summed E-state index contributed by atoms with van der Waals surface area (Å²) in [5, 5.41) is 1.07. The maximum absolute atomic E-state index is 12.0.